The monoisotopic (exact) mass is 418 g/mol. The van der Waals surface area contributed by atoms with Crippen molar-refractivity contribution in [1.82, 2.24) is 24.8 Å². The first-order valence-electron chi connectivity index (χ1n) is 10.4. The molecule has 0 bridgehead atoms. The van der Waals surface area contributed by atoms with Gasteiger partial charge in [-0.05, 0) is 31.0 Å². The van der Waals surface area contributed by atoms with Crippen LogP contribution in [0.4, 0.5) is 5.82 Å². The minimum Gasteiger partial charge on any atom is -0.373 e. The fourth-order valence-electron chi connectivity index (χ4n) is 3.95. The molecule has 1 atom stereocenters. The van der Waals surface area contributed by atoms with Crippen molar-refractivity contribution in [2.75, 3.05) is 26.0 Å². The summed E-state index contributed by atoms with van der Waals surface area (Å²) in [5, 5.41) is 3.91. The summed E-state index contributed by atoms with van der Waals surface area (Å²) in [5.41, 5.74) is 2.17. The van der Waals surface area contributed by atoms with Crippen molar-refractivity contribution < 1.29 is 9.59 Å². The number of hydrogen-bond donors (Lipinski definition) is 1. The summed E-state index contributed by atoms with van der Waals surface area (Å²) in [6.07, 6.45) is 3.41. The molecular formula is C23H26N6O2. The summed E-state index contributed by atoms with van der Waals surface area (Å²) in [6.45, 7) is 2.56. The van der Waals surface area contributed by atoms with E-state index in [0.717, 1.165) is 29.4 Å². The lowest BCUT2D eigenvalue weighted by atomic mass is 10.1. The summed E-state index contributed by atoms with van der Waals surface area (Å²) in [6, 6.07) is 11.0. The molecule has 2 aromatic heterocycles. The van der Waals surface area contributed by atoms with Crippen molar-refractivity contribution >= 4 is 28.5 Å². The van der Waals surface area contributed by atoms with Gasteiger partial charge in [0.2, 0.25) is 5.91 Å². The maximum absolute atomic E-state index is 13.5. The van der Waals surface area contributed by atoms with Gasteiger partial charge in [0.05, 0.1) is 23.8 Å². The molecule has 0 spiro atoms. The minimum atomic E-state index is -0.214. The lowest BCUT2D eigenvalue weighted by Crippen LogP contribution is -2.32. The Balaban J connectivity index is 1.68. The van der Waals surface area contributed by atoms with Crippen molar-refractivity contribution in [3.05, 3.63) is 59.7 Å². The number of nitrogens with zero attached hydrogens (tertiary/aromatic N) is 5. The van der Waals surface area contributed by atoms with Crippen molar-refractivity contribution in [1.29, 1.82) is 0 Å². The number of amides is 2. The van der Waals surface area contributed by atoms with E-state index < -0.39 is 0 Å². The van der Waals surface area contributed by atoms with Gasteiger partial charge in [-0.25, -0.2) is 9.97 Å². The number of hydrogen-bond acceptors (Lipinski definition) is 6. The number of likely N-dealkylation sites (tertiary alicyclic amines) is 1. The van der Waals surface area contributed by atoms with Gasteiger partial charge in [-0.15, -0.1) is 0 Å². The summed E-state index contributed by atoms with van der Waals surface area (Å²) in [4.78, 5) is 42.4. The number of pyridine rings is 1. The molecule has 1 aliphatic heterocycles. The van der Waals surface area contributed by atoms with Crippen molar-refractivity contribution in [3.8, 4) is 0 Å². The van der Waals surface area contributed by atoms with E-state index in [2.05, 4.69) is 15.3 Å². The zero-order valence-corrected chi connectivity index (χ0v) is 18.0. The van der Waals surface area contributed by atoms with Gasteiger partial charge in [-0.3, -0.25) is 14.6 Å². The molecule has 4 rings (SSSR count). The first kappa shape index (κ1) is 20.7. The molecule has 160 valence electrons. The lowest BCUT2D eigenvalue weighted by molar-refractivity contribution is -0.128. The van der Waals surface area contributed by atoms with Gasteiger partial charge in [-0.2, -0.15) is 0 Å². The standard InChI is InChI=1S/C23H26N6O2/c1-15(30)28(3)14-16-13-21(24-2)27-22(26-16)20-10-6-12-29(20)23(31)18-7-4-9-19-17(18)8-5-11-25-19/h4-5,7-9,11,13,20H,6,10,12,14H2,1-3H3,(H,24,26,27)/t20-/m0/s1. The Hall–Kier alpha value is -3.55. The smallest absolute Gasteiger partial charge is 0.255 e. The molecule has 0 aliphatic carbocycles. The molecule has 8 heteroatoms. The molecule has 1 saturated heterocycles. The van der Waals surface area contributed by atoms with Gasteiger partial charge in [0.25, 0.3) is 5.91 Å². The first-order chi connectivity index (χ1) is 15.0. The highest BCUT2D eigenvalue weighted by Crippen LogP contribution is 2.33. The van der Waals surface area contributed by atoms with Crippen LogP contribution in [0.15, 0.2) is 42.6 Å². The molecule has 2 amide bonds. The van der Waals surface area contributed by atoms with E-state index in [0.29, 0.717) is 30.3 Å². The van der Waals surface area contributed by atoms with E-state index in [4.69, 9.17) is 4.98 Å². The van der Waals surface area contributed by atoms with Crippen LogP contribution in [-0.2, 0) is 11.3 Å². The summed E-state index contributed by atoms with van der Waals surface area (Å²) in [7, 11) is 3.54. The molecule has 0 radical (unpaired) electrons. The summed E-state index contributed by atoms with van der Waals surface area (Å²) < 4.78 is 0. The predicted molar refractivity (Wildman–Crippen MR) is 118 cm³/mol. The van der Waals surface area contributed by atoms with Crippen LogP contribution in [0, 0.1) is 0 Å². The summed E-state index contributed by atoms with van der Waals surface area (Å²) in [5.74, 6) is 1.20. The number of fused-ring (bicyclic) bond motifs is 1. The van der Waals surface area contributed by atoms with Gasteiger partial charge in [0.15, 0.2) is 5.82 Å². The number of carbonyl (C=O) groups excluding carboxylic acids is 2. The Labute approximate surface area is 181 Å². The third kappa shape index (κ3) is 4.19. The van der Waals surface area contributed by atoms with Crippen LogP contribution in [0.5, 0.6) is 0 Å². The lowest BCUT2D eigenvalue weighted by Gasteiger charge is -2.25. The SMILES string of the molecule is CNc1cc(CN(C)C(C)=O)nc([C@@H]2CCCN2C(=O)c2cccc3ncccc23)n1. The highest BCUT2D eigenvalue weighted by atomic mass is 16.2. The molecule has 8 nitrogen and oxygen atoms in total. The molecule has 1 aromatic carbocycles. The molecular weight excluding hydrogens is 392 g/mol. The van der Waals surface area contributed by atoms with E-state index in [1.807, 2.05) is 41.3 Å². The summed E-state index contributed by atoms with van der Waals surface area (Å²) >= 11 is 0. The second kappa shape index (κ2) is 8.67. The minimum absolute atomic E-state index is 0.0339. The Kier molecular flexibility index (Phi) is 5.79. The van der Waals surface area contributed by atoms with Gasteiger partial charge < -0.3 is 15.1 Å². The third-order valence-corrected chi connectivity index (χ3v) is 5.68. The molecule has 1 aliphatic rings. The molecule has 3 aromatic rings. The number of anilines is 1. The van der Waals surface area contributed by atoms with Gasteiger partial charge in [-0.1, -0.05) is 12.1 Å². The highest BCUT2D eigenvalue weighted by Gasteiger charge is 2.33. The zero-order valence-electron chi connectivity index (χ0n) is 18.0. The molecule has 0 unspecified atom stereocenters. The number of benzene rings is 1. The normalized spacial score (nSPS) is 15.8. The number of nitrogens with one attached hydrogen (secondary N) is 1. The van der Waals surface area contributed by atoms with E-state index in [1.54, 1.807) is 25.2 Å². The van der Waals surface area contributed by atoms with Crippen LogP contribution >= 0.6 is 0 Å². The Bertz CT molecular complexity index is 1130. The second-order valence-corrected chi connectivity index (χ2v) is 7.76. The van der Waals surface area contributed by atoms with Gasteiger partial charge >= 0.3 is 0 Å². The maximum atomic E-state index is 13.5. The molecule has 1 N–H and O–H groups in total. The van der Waals surface area contributed by atoms with Crippen LogP contribution in [-0.4, -0.2) is 57.2 Å². The maximum Gasteiger partial charge on any atom is 0.255 e. The zero-order chi connectivity index (χ0) is 22.0. The Morgan fingerprint density at radius 2 is 2.06 bits per heavy atom. The first-order valence-corrected chi connectivity index (χ1v) is 10.4. The van der Waals surface area contributed by atoms with Gasteiger partial charge in [0.1, 0.15) is 5.82 Å². The van der Waals surface area contributed by atoms with E-state index >= 15 is 0 Å². The van der Waals surface area contributed by atoms with Crippen molar-refractivity contribution in [2.45, 2.75) is 32.4 Å². The van der Waals surface area contributed by atoms with Gasteiger partial charge in [0, 0.05) is 50.8 Å². The number of rotatable bonds is 5. The highest BCUT2D eigenvalue weighted by molar-refractivity contribution is 6.06. The average molecular weight is 419 g/mol. The van der Waals surface area contributed by atoms with Crippen molar-refractivity contribution in [2.24, 2.45) is 0 Å². The molecule has 3 heterocycles. The van der Waals surface area contributed by atoms with E-state index in [1.165, 1.54) is 6.92 Å². The van der Waals surface area contributed by atoms with Crippen LogP contribution in [0.1, 0.15) is 47.7 Å². The Morgan fingerprint density at radius 1 is 1.23 bits per heavy atom. The largest absolute Gasteiger partial charge is 0.373 e. The van der Waals surface area contributed by atoms with Crippen molar-refractivity contribution in [3.63, 3.8) is 0 Å². The van der Waals surface area contributed by atoms with E-state index in [9.17, 15) is 9.59 Å². The van der Waals surface area contributed by atoms with Crippen LogP contribution < -0.4 is 5.32 Å². The topological polar surface area (TPSA) is 91.3 Å². The second-order valence-electron chi connectivity index (χ2n) is 7.76. The molecule has 1 fully saturated rings. The molecule has 0 saturated carbocycles. The van der Waals surface area contributed by atoms with E-state index in [-0.39, 0.29) is 17.9 Å². The Morgan fingerprint density at radius 3 is 2.84 bits per heavy atom. The predicted octanol–water partition coefficient (Wildman–Crippen LogP) is 3.02. The fraction of sp³-hybridized carbons (Fsp3) is 0.348. The number of carbonyl (C=O) groups is 2. The number of aromatic nitrogens is 3. The molecule has 31 heavy (non-hydrogen) atoms. The average Bonchev–Trinajstić information content (AvgIpc) is 3.28. The van der Waals surface area contributed by atoms with Crippen LogP contribution in [0.25, 0.3) is 10.9 Å². The fourth-order valence-corrected chi connectivity index (χ4v) is 3.95. The van der Waals surface area contributed by atoms with Crippen LogP contribution in [0.2, 0.25) is 0 Å². The van der Waals surface area contributed by atoms with Crippen LogP contribution in [0.3, 0.4) is 0 Å². The third-order valence-electron chi connectivity index (χ3n) is 5.68. The quantitative estimate of drug-likeness (QED) is 0.685.